The van der Waals surface area contributed by atoms with Crippen molar-refractivity contribution in [3.63, 3.8) is 0 Å². The average Bonchev–Trinajstić information content (AvgIpc) is 2.61. The first-order chi connectivity index (χ1) is 11.6. The molecule has 0 N–H and O–H groups in total. The zero-order valence-corrected chi connectivity index (χ0v) is 13.3. The van der Waals surface area contributed by atoms with Crippen molar-refractivity contribution in [2.75, 3.05) is 0 Å². The maximum absolute atomic E-state index is 12.1. The van der Waals surface area contributed by atoms with E-state index in [-0.39, 0.29) is 5.97 Å². The molecule has 0 radical (unpaired) electrons. The molecule has 0 saturated carbocycles. The van der Waals surface area contributed by atoms with E-state index in [1.165, 1.54) is 12.1 Å². The van der Waals surface area contributed by atoms with E-state index < -0.39 is 5.97 Å². The molecule has 2 rings (SSSR count). The predicted octanol–water partition coefficient (Wildman–Crippen LogP) is 4.55. The van der Waals surface area contributed by atoms with E-state index in [0.29, 0.717) is 29.2 Å². The summed E-state index contributed by atoms with van der Waals surface area (Å²) in [6, 6.07) is 12.5. The first kappa shape index (κ1) is 17.2. The normalized spacial score (nSPS) is 9.83. The molecule has 5 nitrogen and oxygen atoms in total. The molecule has 2 aromatic carbocycles. The summed E-state index contributed by atoms with van der Waals surface area (Å²) in [6.07, 6.45) is 2.09. The van der Waals surface area contributed by atoms with Crippen LogP contribution in [0.15, 0.2) is 48.5 Å². The monoisotopic (exact) mass is 323 g/mol. The summed E-state index contributed by atoms with van der Waals surface area (Å²) in [4.78, 5) is 26.9. The van der Waals surface area contributed by atoms with E-state index in [2.05, 4.69) is 4.85 Å². The number of rotatable bonds is 6. The molecule has 0 heterocycles. The zero-order chi connectivity index (χ0) is 17.4. The van der Waals surface area contributed by atoms with Crippen molar-refractivity contribution in [3.05, 3.63) is 65.5 Å². The fraction of sp³-hybridized carbons (Fsp3) is 0.211. The molecule has 0 aliphatic carbocycles. The van der Waals surface area contributed by atoms with E-state index >= 15 is 0 Å². The fourth-order valence-electron chi connectivity index (χ4n) is 1.92. The van der Waals surface area contributed by atoms with Gasteiger partial charge in [0.2, 0.25) is 0 Å². The van der Waals surface area contributed by atoms with Gasteiger partial charge in [-0.25, -0.2) is 9.64 Å². The lowest BCUT2D eigenvalue weighted by atomic mass is 10.2. The minimum atomic E-state index is -0.519. The molecule has 0 aliphatic rings. The number of hydrogen-bond acceptors (Lipinski definition) is 4. The van der Waals surface area contributed by atoms with Crippen LogP contribution in [0.4, 0.5) is 5.69 Å². The van der Waals surface area contributed by atoms with E-state index in [1.54, 1.807) is 36.4 Å². The maximum Gasteiger partial charge on any atom is 0.343 e. The van der Waals surface area contributed by atoms with Crippen molar-refractivity contribution in [3.8, 4) is 11.5 Å². The van der Waals surface area contributed by atoms with E-state index in [4.69, 9.17) is 16.0 Å². The van der Waals surface area contributed by atoms with E-state index in [0.717, 1.165) is 12.8 Å². The van der Waals surface area contributed by atoms with Crippen LogP contribution in [0, 0.1) is 6.57 Å². The van der Waals surface area contributed by atoms with E-state index in [9.17, 15) is 9.59 Å². The van der Waals surface area contributed by atoms with Crippen LogP contribution >= 0.6 is 0 Å². The molecule has 24 heavy (non-hydrogen) atoms. The molecule has 0 atom stereocenters. The molecule has 0 amide bonds. The van der Waals surface area contributed by atoms with Gasteiger partial charge in [0.25, 0.3) is 0 Å². The second kappa shape index (κ2) is 8.49. The predicted molar refractivity (Wildman–Crippen MR) is 89.3 cm³/mol. The number of ether oxygens (including phenoxy) is 2. The largest absolute Gasteiger partial charge is 0.427 e. The van der Waals surface area contributed by atoms with Crippen molar-refractivity contribution in [1.82, 2.24) is 0 Å². The summed E-state index contributed by atoms with van der Waals surface area (Å²) < 4.78 is 10.4. The van der Waals surface area contributed by atoms with Gasteiger partial charge in [-0.05, 0) is 42.8 Å². The molecule has 2 aromatic rings. The Morgan fingerprint density at radius 3 is 2.12 bits per heavy atom. The SMILES string of the molecule is [C-]#[N+]c1ccc(OC(=O)c2ccc(OC(=O)CCCC)cc2)cc1. The lowest BCUT2D eigenvalue weighted by Crippen LogP contribution is -2.09. The molecule has 122 valence electrons. The van der Waals surface area contributed by atoms with Crippen LogP contribution in [0.5, 0.6) is 11.5 Å². The molecule has 0 unspecified atom stereocenters. The smallest absolute Gasteiger partial charge is 0.343 e. The Morgan fingerprint density at radius 1 is 0.958 bits per heavy atom. The summed E-state index contributed by atoms with van der Waals surface area (Å²) in [7, 11) is 0. The lowest BCUT2D eigenvalue weighted by Gasteiger charge is -2.06. The van der Waals surface area contributed by atoms with Crippen molar-refractivity contribution < 1.29 is 19.1 Å². The number of carbonyl (C=O) groups is 2. The standard InChI is InChI=1S/C19H17NO4/c1-3-4-5-18(21)23-16-10-6-14(7-11-16)19(22)24-17-12-8-15(20-2)9-13-17/h6-13H,3-5H2,1H3. The van der Waals surface area contributed by atoms with Crippen molar-refractivity contribution in [1.29, 1.82) is 0 Å². The number of hydrogen-bond donors (Lipinski definition) is 0. The zero-order valence-electron chi connectivity index (χ0n) is 13.3. The number of carbonyl (C=O) groups excluding carboxylic acids is 2. The Morgan fingerprint density at radius 2 is 1.54 bits per heavy atom. The Labute approximate surface area is 140 Å². The molecule has 5 heteroatoms. The molecule has 0 bridgehead atoms. The summed E-state index contributed by atoms with van der Waals surface area (Å²) in [5.74, 6) is -0.0435. The van der Waals surface area contributed by atoms with Crippen molar-refractivity contribution in [2.24, 2.45) is 0 Å². The van der Waals surface area contributed by atoms with Gasteiger partial charge in [-0.2, -0.15) is 0 Å². The molecule has 0 fully saturated rings. The minimum Gasteiger partial charge on any atom is -0.427 e. The second-order valence-electron chi connectivity index (χ2n) is 5.10. The Kier molecular flexibility index (Phi) is 6.09. The van der Waals surface area contributed by atoms with Crippen molar-refractivity contribution >= 4 is 17.6 Å². The maximum atomic E-state index is 12.1. The molecule has 0 spiro atoms. The topological polar surface area (TPSA) is 57.0 Å². The Bertz CT molecular complexity index is 742. The highest BCUT2D eigenvalue weighted by atomic mass is 16.5. The molecular weight excluding hydrogens is 306 g/mol. The van der Waals surface area contributed by atoms with Crippen LogP contribution in [-0.4, -0.2) is 11.9 Å². The van der Waals surface area contributed by atoms with Gasteiger partial charge in [0.1, 0.15) is 11.5 Å². The first-order valence-electron chi connectivity index (χ1n) is 7.63. The Hall–Kier alpha value is -3.13. The van der Waals surface area contributed by atoms with Crippen LogP contribution in [0.25, 0.3) is 4.85 Å². The van der Waals surface area contributed by atoms with Gasteiger partial charge >= 0.3 is 11.9 Å². The summed E-state index contributed by atoms with van der Waals surface area (Å²) in [5.41, 5.74) is 0.821. The van der Waals surface area contributed by atoms with Gasteiger partial charge in [0.05, 0.1) is 12.1 Å². The minimum absolute atomic E-state index is 0.285. The van der Waals surface area contributed by atoms with E-state index in [1.807, 2.05) is 6.92 Å². The van der Waals surface area contributed by atoms with Crippen LogP contribution in [-0.2, 0) is 4.79 Å². The average molecular weight is 323 g/mol. The number of unbranched alkanes of at least 4 members (excludes halogenated alkanes) is 1. The van der Waals surface area contributed by atoms with Gasteiger partial charge in [0, 0.05) is 6.42 Å². The first-order valence-corrected chi connectivity index (χ1v) is 7.63. The number of nitrogens with zero attached hydrogens (tertiary/aromatic N) is 1. The summed E-state index contributed by atoms with van der Waals surface area (Å²) in [6.45, 7) is 8.88. The molecule has 0 aliphatic heterocycles. The van der Waals surface area contributed by atoms with Crippen LogP contribution < -0.4 is 9.47 Å². The number of benzene rings is 2. The van der Waals surface area contributed by atoms with Crippen LogP contribution in [0.3, 0.4) is 0 Å². The van der Waals surface area contributed by atoms with Gasteiger partial charge in [-0.15, -0.1) is 0 Å². The van der Waals surface area contributed by atoms with Gasteiger partial charge in [-0.3, -0.25) is 4.79 Å². The summed E-state index contributed by atoms with van der Waals surface area (Å²) >= 11 is 0. The number of esters is 2. The van der Waals surface area contributed by atoms with Crippen LogP contribution in [0.2, 0.25) is 0 Å². The van der Waals surface area contributed by atoms with Gasteiger partial charge in [-0.1, -0.05) is 25.5 Å². The highest BCUT2D eigenvalue weighted by Crippen LogP contribution is 2.20. The molecule has 0 saturated heterocycles. The van der Waals surface area contributed by atoms with Crippen LogP contribution in [0.1, 0.15) is 36.5 Å². The van der Waals surface area contributed by atoms with Gasteiger partial charge in [0.15, 0.2) is 5.69 Å². The highest BCUT2D eigenvalue weighted by Gasteiger charge is 2.10. The van der Waals surface area contributed by atoms with Crippen molar-refractivity contribution in [2.45, 2.75) is 26.2 Å². The Balaban J connectivity index is 1.95. The fourth-order valence-corrected chi connectivity index (χ4v) is 1.92. The lowest BCUT2D eigenvalue weighted by molar-refractivity contribution is -0.134. The van der Waals surface area contributed by atoms with Gasteiger partial charge < -0.3 is 9.47 Å². The third-order valence-corrected chi connectivity index (χ3v) is 3.23. The third-order valence-electron chi connectivity index (χ3n) is 3.23. The quantitative estimate of drug-likeness (QED) is 0.444. The third kappa shape index (κ3) is 4.96. The molecular formula is C19H17NO4. The molecule has 0 aromatic heterocycles. The second-order valence-corrected chi connectivity index (χ2v) is 5.10. The highest BCUT2D eigenvalue weighted by molar-refractivity contribution is 5.91. The summed E-state index contributed by atoms with van der Waals surface area (Å²) in [5, 5.41) is 0.